The van der Waals surface area contributed by atoms with Gasteiger partial charge in [-0.25, -0.2) is 0 Å². The Hall–Kier alpha value is -2.34. The number of thioether (sulfide) groups is 1. The standard InChI is InChI=1S/C22H25NO4S/c1-25-17-5-7-18(8-6-17)28-13-10-21(24)23-22(15-2-3-15)16-4-9-19-20(14-16)27-12-11-26-19/h4-9,14-15,22H,2-3,10-13H2,1H3,(H,23,24). The van der Waals surface area contributed by atoms with Crippen LogP contribution in [-0.2, 0) is 4.79 Å². The number of carbonyl (C=O) groups is 1. The highest BCUT2D eigenvalue weighted by Crippen LogP contribution is 2.43. The lowest BCUT2D eigenvalue weighted by molar-refractivity contribution is -0.121. The van der Waals surface area contributed by atoms with Crippen molar-refractivity contribution in [1.82, 2.24) is 5.32 Å². The molecule has 28 heavy (non-hydrogen) atoms. The smallest absolute Gasteiger partial charge is 0.221 e. The lowest BCUT2D eigenvalue weighted by atomic mass is 10.0. The third-order valence-corrected chi connectivity index (χ3v) is 6.01. The van der Waals surface area contributed by atoms with Crippen LogP contribution in [0.15, 0.2) is 47.4 Å². The highest BCUT2D eigenvalue weighted by atomic mass is 32.2. The molecule has 1 heterocycles. The molecule has 5 nitrogen and oxygen atoms in total. The highest BCUT2D eigenvalue weighted by molar-refractivity contribution is 7.99. The molecule has 0 saturated heterocycles. The van der Waals surface area contributed by atoms with Gasteiger partial charge in [-0.1, -0.05) is 6.07 Å². The molecule has 2 aromatic carbocycles. The molecular formula is C22H25NO4S. The Morgan fingerprint density at radius 3 is 2.61 bits per heavy atom. The minimum absolute atomic E-state index is 0.0503. The second kappa shape index (κ2) is 8.78. The van der Waals surface area contributed by atoms with Gasteiger partial charge >= 0.3 is 0 Å². The molecule has 6 heteroatoms. The summed E-state index contributed by atoms with van der Waals surface area (Å²) < 4.78 is 16.5. The van der Waals surface area contributed by atoms with Gasteiger partial charge in [-0.2, -0.15) is 0 Å². The summed E-state index contributed by atoms with van der Waals surface area (Å²) in [6.45, 7) is 1.15. The molecular weight excluding hydrogens is 374 g/mol. The summed E-state index contributed by atoms with van der Waals surface area (Å²) in [5.41, 5.74) is 1.10. The summed E-state index contributed by atoms with van der Waals surface area (Å²) in [4.78, 5) is 13.7. The van der Waals surface area contributed by atoms with Crippen LogP contribution < -0.4 is 19.5 Å². The first kappa shape index (κ1) is 19.0. The van der Waals surface area contributed by atoms with Gasteiger partial charge in [-0.05, 0) is 60.7 Å². The molecule has 2 aromatic rings. The lowest BCUT2D eigenvalue weighted by Crippen LogP contribution is -2.30. The topological polar surface area (TPSA) is 56.8 Å². The van der Waals surface area contributed by atoms with Gasteiger partial charge in [0.2, 0.25) is 5.91 Å². The Bertz CT molecular complexity index is 820. The molecule has 148 valence electrons. The molecule has 1 atom stereocenters. The number of nitrogens with one attached hydrogen (secondary N) is 1. The number of fused-ring (bicyclic) bond motifs is 1. The maximum Gasteiger partial charge on any atom is 0.221 e. The van der Waals surface area contributed by atoms with Crippen molar-refractivity contribution in [1.29, 1.82) is 0 Å². The number of rotatable bonds is 8. The molecule has 0 aromatic heterocycles. The molecule has 2 aliphatic rings. The molecule has 1 N–H and O–H groups in total. The third kappa shape index (κ3) is 4.73. The number of amides is 1. The normalized spacial score (nSPS) is 16.3. The van der Waals surface area contributed by atoms with Crippen LogP contribution >= 0.6 is 11.8 Å². The van der Waals surface area contributed by atoms with Crippen molar-refractivity contribution in [3.05, 3.63) is 48.0 Å². The van der Waals surface area contributed by atoms with Gasteiger partial charge in [0.15, 0.2) is 11.5 Å². The summed E-state index contributed by atoms with van der Waals surface area (Å²) in [6, 6.07) is 14.0. The molecule has 1 aliphatic heterocycles. The number of hydrogen-bond acceptors (Lipinski definition) is 5. The van der Waals surface area contributed by atoms with Gasteiger partial charge in [0.1, 0.15) is 19.0 Å². The van der Waals surface area contributed by atoms with E-state index in [1.54, 1.807) is 18.9 Å². The fourth-order valence-electron chi connectivity index (χ4n) is 3.34. The maximum absolute atomic E-state index is 12.5. The number of methoxy groups -OCH3 is 1. The van der Waals surface area contributed by atoms with Crippen LogP contribution in [0.2, 0.25) is 0 Å². The summed E-state index contributed by atoms with van der Waals surface area (Å²) in [5, 5.41) is 3.24. The lowest BCUT2D eigenvalue weighted by Gasteiger charge is -2.23. The van der Waals surface area contributed by atoms with E-state index in [-0.39, 0.29) is 11.9 Å². The molecule has 1 unspecified atom stereocenters. The summed E-state index contributed by atoms with van der Waals surface area (Å²) in [5.74, 6) is 3.75. The van der Waals surface area contributed by atoms with Gasteiger partial charge in [0.05, 0.1) is 13.2 Å². The zero-order valence-electron chi connectivity index (χ0n) is 16.0. The van der Waals surface area contributed by atoms with E-state index in [9.17, 15) is 4.79 Å². The molecule has 1 aliphatic carbocycles. The SMILES string of the molecule is COc1ccc(SCCC(=O)NC(c2ccc3c(c2)OCCO3)C2CC2)cc1. The molecule has 0 bridgehead atoms. The quantitative estimate of drug-likeness (QED) is 0.674. The largest absolute Gasteiger partial charge is 0.497 e. The predicted molar refractivity (Wildman–Crippen MR) is 109 cm³/mol. The van der Waals surface area contributed by atoms with Gasteiger partial charge < -0.3 is 19.5 Å². The van der Waals surface area contributed by atoms with Crippen molar-refractivity contribution in [2.75, 3.05) is 26.1 Å². The average molecular weight is 400 g/mol. The Morgan fingerprint density at radius 1 is 1.14 bits per heavy atom. The van der Waals surface area contributed by atoms with E-state index in [1.165, 1.54) is 0 Å². The van der Waals surface area contributed by atoms with Gasteiger partial charge in [0.25, 0.3) is 0 Å². The Balaban J connectivity index is 1.32. The molecule has 1 saturated carbocycles. The highest BCUT2D eigenvalue weighted by Gasteiger charge is 2.34. The van der Waals surface area contributed by atoms with Crippen LogP contribution in [0.4, 0.5) is 0 Å². The van der Waals surface area contributed by atoms with E-state index >= 15 is 0 Å². The first-order valence-electron chi connectivity index (χ1n) is 9.69. The van der Waals surface area contributed by atoms with E-state index < -0.39 is 0 Å². The van der Waals surface area contributed by atoms with Crippen molar-refractivity contribution >= 4 is 17.7 Å². The van der Waals surface area contributed by atoms with E-state index in [0.29, 0.717) is 25.6 Å². The molecule has 0 radical (unpaired) electrons. The fourth-order valence-corrected chi connectivity index (χ4v) is 4.19. The van der Waals surface area contributed by atoms with Crippen molar-refractivity contribution in [2.45, 2.75) is 30.2 Å². The monoisotopic (exact) mass is 399 g/mol. The maximum atomic E-state index is 12.5. The molecule has 0 spiro atoms. The van der Waals surface area contributed by atoms with Crippen LogP contribution in [0.1, 0.15) is 30.9 Å². The predicted octanol–water partition coefficient (Wildman–Crippen LogP) is 4.22. The van der Waals surface area contributed by atoms with Crippen LogP contribution in [-0.4, -0.2) is 32.0 Å². The van der Waals surface area contributed by atoms with E-state index in [1.807, 2.05) is 42.5 Å². The number of carbonyl (C=O) groups excluding carboxylic acids is 1. The zero-order chi connectivity index (χ0) is 19.3. The summed E-state index contributed by atoms with van der Waals surface area (Å²) in [7, 11) is 1.66. The van der Waals surface area contributed by atoms with Gasteiger partial charge in [-0.3, -0.25) is 4.79 Å². The Morgan fingerprint density at radius 2 is 1.89 bits per heavy atom. The van der Waals surface area contributed by atoms with Crippen molar-refractivity contribution in [3.63, 3.8) is 0 Å². The van der Waals surface area contributed by atoms with E-state index in [0.717, 1.165) is 46.3 Å². The minimum Gasteiger partial charge on any atom is -0.497 e. The van der Waals surface area contributed by atoms with Crippen LogP contribution in [0.3, 0.4) is 0 Å². The fraction of sp³-hybridized carbons (Fsp3) is 0.409. The Kier molecular flexibility index (Phi) is 5.95. The van der Waals surface area contributed by atoms with Crippen LogP contribution in [0.25, 0.3) is 0 Å². The second-order valence-electron chi connectivity index (χ2n) is 7.06. The Labute approximate surface area is 169 Å². The first-order chi connectivity index (χ1) is 13.7. The zero-order valence-corrected chi connectivity index (χ0v) is 16.8. The van der Waals surface area contributed by atoms with Gasteiger partial charge in [0, 0.05) is 17.1 Å². The summed E-state index contributed by atoms with van der Waals surface area (Å²) in [6.07, 6.45) is 2.80. The second-order valence-corrected chi connectivity index (χ2v) is 8.23. The van der Waals surface area contributed by atoms with Gasteiger partial charge in [-0.15, -0.1) is 11.8 Å². The van der Waals surface area contributed by atoms with E-state index in [2.05, 4.69) is 5.32 Å². The summed E-state index contributed by atoms with van der Waals surface area (Å²) >= 11 is 1.68. The van der Waals surface area contributed by atoms with E-state index in [4.69, 9.17) is 14.2 Å². The van der Waals surface area contributed by atoms with Crippen molar-refractivity contribution in [3.8, 4) is 17.2 Å². The minimum atomic E-state index is 0.0503. The third-order valence-electron chi connectivity index (χ3n) is 4.99. The first-order valence-corrected chi connectivity index (χ1v) is 10.7. The van der Waals surface area contributed by atoms with Crippen molar-refractivity contribution in [2.24, 2.45) is 5.92 Å². The average Bonchev–Trinajstić information content (AvgIpc) is 3.57. The number of hydrogen-bond donors (Lipinski definition) is 1. The van der Waals surface area contributed by atoms with Crippen LogP contribution in [0.5, 0.6) is 17.2 Å². The molecule has 4 rings (SSSR count). The molecule has 1 amide bonds. The number of ether oxygens (including phenoxy) is 3. The van der Waals surface area contributed by atoms with Crippen LogP contribution in [0, 0.1) is 5.92 Å². The molecule has 1 fully saturated rings. The van der Waals surface area contributed by atoms with Crippen molar-refractivity contribution < 1.29 is 19.0 Å². The number of benzene rings is 2.